The van der Waals surface area contributed by atoms with E-state index in [1.165, 1.54) is 42.5 Å². The Morgan fingerprint density at radius 1 is 0.711 bits per heavy atom. The van der Waals surface area contributed by atoms with E-state index in [0.717, 1.165) is 12.1 Å². The number of fused-ring (bicyclic) bond motifs is 1. The molecule has 45 heavy (non-hydrogen) atoms. The molecule has 5 aromatic rings. The highest BCUT2D eigenvalue weighted by molar-refractivity contribution is 7.92. The lowest BCUT2D eigenvalue weighted by molar-refractivity contribution is 0.472. The Labute approximate surface area is 262 Å². The zero-order valence-electron chi connectivity index (χ0n) is 22.4. The molecule has 0 amide bonds. The smallest absolute Gasteiger partial charge is 0.296 e. The molecule has 5 rings (SSSR count). The number of anilines is 1. The summed E-state index contributed by atoms with van der Waals surface area (Å²) >= 11 is 6.12. The Balaban J connectivity index is 1.74. The average Bonchev–Trinajstić information content (AvgIpc) is 2.97. The number of benzene rings is 5. The van der Waals surface area contributed by atoms with Crippen molar-refractivity contribution in [2.45, 2.75) is 14.7 Å². The molecule has 0 saturated heterocycles. The van der Waals surface area contributed by atoms with Crippen molar-refractivity contribution in [3.05, 3.63) is 102 Å². The van der Waals surface area contributed by atoms with Crippen LogP contribution in [0.25, 0.3) is 10.8 Å². The zero-order chi connectivity index (χ0) is 32.6. The number of ether oxygens (including phenoxy) is 1. The number of nitrogens with one attached hydrogen (secondary N) is 1. The topological polar surface area (TPSA) is 209 Å². The second kappa shape index (κ2) is 12.1. The lowest BCUT2D eigenvalue weighted by Gasteiger charge is -2.16. The Hall–Kier alpha value is -4.58. The van der Waals surface area contributed by atoms with E-state index < -0.39 is 67.9 Å². The molecule has 5 aromatic carbocycles. The van der Waals surface area contributed by atoms with Crippen molar-refractivity contribution in [3.63, 3.8) is 0 Å². The van der Waals surface area contributed by atoms with Gasteiger partial charge in [0.2, 0.25) is 0 Å². The first-order valence-electron chi connectivity index (χ1n) is 12.4. The maximum absolute atomic E-state index is 13.1. The fraction of sp³-hybridized carbons (Fsp3) is 0. The van der Waals surface area contributed by atoms with E-state index in [9.17, 15) is 39.5 Å². The van der Waals surface area contributed by atoms with Crippen LogP contribution >= 0.6 is 11.6 Å². The largest absolute Gasteiger partial charge is 0.505 e. The summed E-state index contributed by atoms with van der Waals surface area (Å²) < 4.78 is 103. The maximum Gasteiger partial charge on any atom is 0.296 e. The first kappa shape index (κ1) is 31.8. The van der Waals surface area contributed by atoms with Crippen LogP contribution in [0.3, 0.4) is 0 Å². The molecule has 0 heterocycles. The maximum atomic E-state index is 13.1. The summed E-state index contributed by atoms with van der Waals surface area (Å²) in [6, 6.07) is 21.9. The number of hydrogen-bond donors (Lipinski definition) is 4. The first-order chi connectivity index (χ1) is 21.1. The number of hydrogen-bond acceptors (Lipinski definition) is 10. The molecule has 0 saturated carbocycles. The van der Waals surface area contributed by atoms with Crippen LogP contribution < -0.4 is 9.46 Å². The molecule has 232 valence electrons. The molecule has 0 bridgehead atoms. The van der Waals surface area contributed by atoms with Gasteiger partial charge in [-0.3, -0.25) is 13.8 Å². The van der Waals surface area contributed by atoms with E-state index >= 15 is 0 Å². The van der Waals surface area contributed by atoms with E-state index in [1.807, 2.05) is 0 Å². The number of halogens is 1. The van der Waals surface area contributed by atoms with Gasteiger partial charge in [0, 0.05) is 5.02 Å². The van der Waals surface area contributed by atoms with Crippen molar-refractivity contribution in [1.82, 2.24) is 0 Å². The zero-order valence-corrected chi connectivity index (χ0v) is 25.6. The van der Waals surface area contributed by atoms with Crippen LogP contribution in [-0.4, -0.2) is 39.5 Å². The number of aromatic hydroxyl groups is 1. The predicted molar refractivity (Wildman–Crippen MR) is 165 cm³/mol. The minimum absolute atomic E-state index is 0.0288. The number of sulfonamides is 1. The van der Waals surface area contributed by atoms with E-state index in [1.54, 1.807) is 36.4 Å². The molecule has 0 aliphatic rings. The van der Waals surface area contributed by atoms with Gasteiger partial charge >= 0.3 is 0 Å². The Kier molecular flexibility index (Phi) is 8.54. The molecule has 0 atom stereocenters. The SMILES string of the molecule is O=S(=O)(O)c1cc(NS(=O)(=O)c2ccccc2)c2c(O)c(N=Nc3cc(Cl)ccc3Oc3ccccc3)c(S(=O)(=O)O)cc2c1. The Morgan fingerprint density at radius 2 is 1.36 bits per heavy atom. The van der Waals surface area contributed by atoms with Gasteiger partial charge in [0.05, 0.1) is 20.9 Å². The number of azo groups is 1. The Bertz CT molecular complexity index is 2300. The molecular weight excluding hydrogens is 670 g/mol. The molecule has 4 N–H and O–H groups in total. The summed E-state index contributed by atoms with van der Waals surface area (Å²) in [6.45, 7) is 0. The third-order valence-electron chi connectivity index (χ3n) is 6.15. The van der Waals surface area contributed by atoms with Crippen LogP contribution in [0.1, 0.15) is 0 Å². The molecular formula is C28H20ClN3O10S3. The summed E-state index contributed by atoms with van der Waals surface area (Å²) in [7, 11) is -14.6. The highest BCUT2D eigenvalue weighted by Crippen LogP contribution is 2.46. The van der Waals surface area contributed by atoms with E-state index in [0.29, 0.717) is 11.8 Å². The third kappa shape index (κ3) is 7.06. The van der Waals surface area contributed by atoms with Gasteiger partial charge in [0.1, 0.15) is 22.0 Å². The fourth-order valence-electron chi connectivity index (χ4n) is 4.16. The standard InChI is InChI=1S/C28H20ClN3O10S3/c29-18-11-12-24(42-19-7-3-1-4-8-19)22(15-18)30-31-27-25(45(39,40)41)14-17-13-21(44(36,37)38)16-23(26(17)28(27)33)32-43(34,35)20-9-5-2-6-10-20/h1-16,32-33H,(H,36,37,38)(H,39,40,41). The summed E-state index contributed by atoms with van der Waals surface area (Å²) in [5, 5.41) is 18.5. The number of rotatable bonds is 9. The number of phenols is 1. The van der Waals surface area contributed by atoms with Gasteiger partial charge in [-0.25, -0.2) is 8.42 Å². The van der Waals surface area contributed by atoms with Crippen LogP contribution in [0.15, 0.2) is 122 Å². The second-order valence-corrected chi connectivity index (χ2v) is 14.2. The number of para-hydroxylation sites is 1. The van der Waals surface area contributed by atoms with Gasteiger partial charge in [-0.05, 0) is 66.0 Å². The normalized spacial score (nSPS) is 12.4. The minimum atomic E-state index is -5.18. The Morgan fingerprint density at radius 3 is 1.98 bits per heavy atom. The van der Waals surface area contributed by atoms with E-state index in [-0.39, 0.29) is 21.4 Å². The van der Waals surface area contributed by atoms with Gasteiger partial charge in [0.15, 0.2) is 11.5 Å². The summed E-state index contributed by atoms with van der Waals surface area (Å²) in [5.41, 5.74) is -1.44. The highest BCUT2D eigenvalue weighted by atomic mass is 35.5. The van der Waals surface area contributed by atoms with Crippen LogP contribution in [-0.2, 0) is 30.3 Å². The van der Waals surface area contributed by atoms with Crippen LogP contribution in [0, 0.1) is 0 Å². The van der Waals surface area contributed by atoms with Crippen molar-refractivity contribution >= 4 is 69.7 Å². The summed E-state index contributed by atoms with van der Waals surface area (Å²) in [6.07, 6.45) is 0. The van der Waals surface area contributed by atoms with Crippen molar-refractivity contribution in [3.8, 4) is 17.2 Å². The predicted octanol–water partition coefficient (Wildman–Crippen LogP) is 6.70. The summed E-state index contributed by atoms with van der Waals surface area (Å²) in [5.74, 6) is -0.477. The molecule has 0 spiro atoms. The van der Waals surface area contributed by atoms with Gasteiger partial charge in [-0.1, -0.05) is 48.0 Å². The lowest BCUT2D eigenvalue weighted by atomic mass is 10.1. The van der Waals surface area contributed by atoms with Gasteiger partial charge in [-0.2, -0.15) is 16.8 Å². The van der Waals surface area contributed by atoms with E-state index in [4.69, 9.17) is 16.3 Å². The van der Waals surface area contributed by atoms with Crippen LogP contribution in [0.4, 0.5) is 17.1 Å². The average molecular weight is 690 g/mol. The highest BCUT2D eigenvalue weighted by Gasteiger charge is 2.27. The monoisotopic (exact) mass is 689 g/mol. The first-order valence-corrected chi connectivity index (χ1v) is 17.2. The van der Waals surface area contributed by atoms with E-state index in [2.05, 4.69) is 15.0 Å². The van der Waals surface area contributed by atoms with Crippen molar-refractivity contribution in [2.75, 3.05) is 4.72 Å². The minimum Gasteiger partial charge on any atom is -0.505 e. The summed E-state index contributed by atoms with van der Waals surface area (Å²) in [4.78, 5) is -2.11. The van der Waals surface area contributed by atoms with Crippen molar-refractivity contribution < 1.29 is 44.2 Å². The molecule has 0 aliphatic carbocycles. The molecule has 13 nitrogen and oxygen atoms in total. The number of nitrogens with zero attached hydrogens (tertiary/aromatic N) is 2. The molecule has 0 fully saturated rings. The number of phenolic OH excluding ortho intramolecular Hbond substituents is 1. The van der Waals surface area contributed by atoms with Crippen molar-refractivity contribution in [1.29, 1.82) is 0 Å². The quantitative estimate of drug-likeness (QED) is 0.0950. The van der Waals surface area contributed by atoms with Gasteiger partial charge in [-0.15, -0.1) is 10.2 Å². The van der Waals surface area contributed by atoms with Gasteiger partial charge in [0.25, 0.3) is 30.3 Å². The third-order valence-corrected chi connectivity index (χ3v) is 9.46. The van der Waals surface area contributed by atoms with Crippen molar-refractivity contribution in [2.24, 2.45) is 10.2 Å². The molecule has 0 aromatic heterocycles. The van der Waals surface area contributed by atoms with Crippen LogP contribution in [0.2, 0.25) is 5.02 Å². The molecule has 17 heteroatoms. The van der Waals surface area contributed by atoms with Gasteiger partial charge < -0.3 is 9.84 Å². The second-order valence-electron chi connectivity index (χ2n) is 9.24. The molecule has 0 unspecified atom stereocenters. The van der Waals surface area contributed by atoms with Crippen LogP contribution in [0.5, 0.6) is 17.2 Å². The molecule has 0 radical (unpaired) electrons. The fourth-order valence-corrected chi connectivity index (χ4v) is 6.61. The molecule has 0 aliphatic heterocycles. The lowest BCUT2D eigenvalue weighted by Crippen LogP contribution is -2.14.